The molecule has 0 radical (unpaired) electrons. The van der Waals surface area contributed by atoms with Gasteiger partial charge in [0.05, 0.1) is 0 Å². The Morgan fingerprint density at radius 3 is 2.50 bits per heavy atom. The maximum absolute atomic E-state index is 5.61. The molecule has 0 saturated heterocycles. The zero-order valence-electron chi connectivity index (χ0n) is 8.51. The van der Waals surface area contributed by atoms with Crippen molar-refractivity contribution in [2.45, 2.75) is 33.6 Å². The minimum absolute atomic E-state index is 0.624. The Balaban J connectivity index is 2.41. The van der Waals surface area contributed by atoms with Gasteiger partial charge >= 0.3 is 0 Å². The average molecular weight is 167 g/mol. The summed E-state index contributed by atoms with van der Waals surface area (Å²) >= 11 is 0. The molecule has 0 bridgehead atoms. The minimum Gasteiger partial charge on any atom is -0.330 e. The highest BCUT2D eigenvalue weighted by atomic mass is 14.5. The number of hydrogen-bond donors (Lipinski definition) is 1. The fourth-order valence-corrected chi connectivity index (χ4v) is 1.47. The van der Waals surface area contributed by atoms with E-state index in [1.54, 1.807) is 5.57 Å². The van der Waals surface area contributed by atoms with Gasteiger partial charge in [0.1, 0.15) is 0 Å². The van der Waals surface area contributed by atoms with Crippen molar-refractivity contribution >= 4 is 0 Å². The van der Waals surface area contributed by atoms with Crippen LogP contribution in [0.1, 0.15) is 33.6 Å². The highest BCUT2D eigenvalue weighted by Crippen LogP contribution is 2.36. The Morgan fingerprint density at radius 1 is 1.50 bits per heavy atom. The molecule has 0 aromatic heterocycles. The first kappa shape index (κ1) is 9.79. The maximum atomic E-state index is 5.61. The van der Waals surface area contributed by atoms with Crippen LogP contribution in [-0.2, 0) is 0 Å². The molecule has 1 fully saturated rings. The molecule has 12 heavy (non-hydrogen) atoms. The molecule has 1 nitrogen and oxygen atoms in total. The summed E-state index contributed by atoms with van der Waals surface area (Å²) in [4.78, 5) is 0. The molecule has 2 atom stereocenters. The van der Waals surface area contributed by atoms with Gasteiger partial charge in [-0.1, -0.05) is 25.5 Å². The van der Waals surface area contributed by atoms with E-state index < -0.39 is 0 Å². The van der Waals surface area contributed by atoms with Gasteiger partial charge in [-0.15, -0.1) is 0 Å². The van der Waals surface area contributed by atoms with Crippen molar-refractivity contribution in [1.82, 2.24) is 0 Å². The van der Waals surface area contributed by atoms with Crippen LogP contribution in [0.4, 0.5) is 0 Å². The molecule has 70 valence electrons. The van der Waals surface area contributed by atoms with Gasteiger partial charge in [-0.25, -0.2) is 0 Å². The van der Waals surface area contributed by atoms with E-state index in [0.29, 0.717) is 11.8 Å². The standard InChI is InChI=1S/C11H21N/c1-8(10(3)7-12)6-9(2)11-4-5-11/h6,8,10-11H,4-5,7,12H2,1-3H3/b9-6-. The van der Waals surface area contributed by atoms with Crippen molar-refractivity contribution in [1.29, 1.82) is 0 Å². The molecule has 0 aromatic carbocycles. The molecule has 0 spiro atoms. The van der Waals surface area contributed by atoms with Gasteiger partial charge in [0.15, 0.2) is 0 Å². The molecule has 1 heteroatoms. The Hall–Kier alpha value is -0.300. The average Bonchev–Trinajstić information content (AvgIpc) is 2.84. The third-order valence-corrected chi connectivity index (χ3v) is 3.02. The lowest BCUT2D eigenvalue weighted by Gasteiger charge is -2.15. The van der Waals surface area contributed by atoms with Crippen LogP contribution in [0.15, 0.2) is 11.6 Å². The second kappa shape index (κ2) is 4.08. The van der Waals surface area contributed by atoms with Crippen LogP contribution in [0, 0.1) is 17.8 Å². The first-order valence-electron chi connectivity index (χ1n) is 5.03. The zero-order valence-corrected chi connectivity index (χ0v) is 8.51. The Bertz CT molecular complexity index is 168. The second-order valence-electron chi connectivity index (χ2n) is 4.26. The summed E-state index contributed by atoms with van der Waals surface area (Å²) in [6.45, 7) is 7.55. The first-order valence-corrected chi connectivity index (χ1v) is 5.03. The van der Waals surface area contributed by atoms with Gasteiger partial charge in [0.2, 0.25) is 0 Å². The van der Waals surface area contributed by atoms with Gasteiger partial charge in [0.25, 0.3) is 0 Å². The Labute approximate surface area is 76.0 Å². The van der Waals surface area contributed by atoms with Crippen LogP contribution in [0.3, 0.4) is 0 Å². The molecular weight excluding hydrogens is 146 g/mol. The largest absolute Gasteiger partial charge is 0.330 e. The van der Waals surface area contributed by atoms with E-state index in [1.807, 2.05) is 0 Å². The highest BCUT2D eigenvalue weighted by molar-refractivity contribution is 5.11. The van der Waals surface area contributed by atoms with Crippen molar-refractivity contribution < 1.29 is 0 Å². The number of rotatable bonds is 4. The predicted molar refractivity (Wildman–Crippen MR) is 53.9 cm³/mol. The van der Waals surface area contributed by atoms with Crippen molar-refractivity contribution in [2.24, 2.45) is 23.5 Å². The van der Waals surface area contributed by atoms with E-state index in [9.17, 15) is 0 Å². The van der Waals surface area contributed by atoms with Crippen LogP contribution in [0.25, 0.3) is 0 Å². The number of hydrogen-bond acceptors (Lipinski definition) is 1. The third-order valence-electron chi connectivity index (χ3n) is 3.02. The predicted octanol–water partition coefficient (Wildman–Crippen LogP) is 2.57. The van der Waals surface area contributed by atoms with Crippen molar-refractivity contribution in [3.05, 3.63) is 11.6 Å². The summed E-state index contributed by atoms with van der Waals surface area (Å²) in [6, 6.07) is 0. The topological polar surface area (TPSA) is 26.0 Å². The third kappa shape index (κ3) is 2.63. The van der Waals surface area contributed by atoms with Crippen LogP contribution in [0.2, 0.25) is 0 Å². The van der Waals surface area contributed by atoms with E-state index in [2.05, 4.69) is 26.8 Å². The molecule has 0 amide bonds. The lowest BCUT2D eigenvalue weighted by Crippen LogP contribution is -2.17. The molecule has 1 rings (SSSR count). The lowest BCUT2D eigenvalue weighted by atomic mass is 9.93. The van der Waals surface area contributed by atoms with E-state index in [4.69, 9.17) is 5.73 Å². The van der Waals surface area contributed by atoms with E-state index >= 15 is 0 Å². The van der Waals surface area contributed by atoms with Gasteiger partial charge in [-0.05, 0) is 44.1 Å². The van der Waals surface area contributed by atoms with Gasteiger partial charge in [-0.2, -0.15) is 0 Å². The SMILES string of the molecule is C/C(=C/C(C)C(C)CN)C1CC1. The monoisotopic (exact) mass is 167 g/mol. The molecule has 0 heterocycles. The van der Waals surface area contributed by atoms with Gasteiger partial charge < -0.3 is 5.73 Å². The van der Waals surface area contributed by atoms with Crippen molar-refractivity contribution in [3.63, 3.8) is 0 Å². The van der Waals surface area contributed by atoms with Crippen LogP contribution in [0.5, 0.6) is 0 Å². The quantitative estimate of drug-likeness (QED) is 0.640. The van der Waals surface area contributed by atoms with E-state index in [-0.39, 0.29) is 0 Å². The molecular formula is C11H21N. The lowest BCUT2D eigenvalue weighted by molar-refractivity contribution is 0.467. The molecule has 0 aliphatic heterocycles. The molecule has 1 aliphatic carbocycles. The second-order valence-corrected chi connectivity index (χ2v) is 4.26. The zero-order chi connectivity index (χ0) is 9.14. The minimum atomic E-state index is 0.624. The van der Waals surface area contributed by atoms with Crippen LogP contribution in [-0.4, -0.2) is 6.54 Å². The molecule has 1 saturated carbocycles. The summed E-state index contributed by atoms with van der Waals surface area (Å²) in [6.07, 6.45) is 5.23. The van der Waals surface area contributed by atoms with Gasteiger partial charge in [-0.3, -0.25) is 0 Å². The highest BCUT2D eigenvalue weighted by Gasteiger charge is 2.23. The fraction of sp³-hybridized carbons (Fsp3) is 0.818. The van der Waals surface area contributed by atoms with Crippen molar-refractivity contribution in [2.75, 3.05) is 6.54 Å². The normalized spacial score (nSPS) is 23.8. The van der Waals surface area contributed by atoms with E-state index in [1.165, 1.54) is 12.8 Å². The number of nitrogens with two attached hydrogens (primary N) is 1. The van der Waals surface area contributed by atoms with E-state index in [0.717, 1.165) is 12.5 Å². The molecule has 2 unspecified atom stereocenters. The Kier molecular flexibility index (Phi) is 3.33. The summed E-state index contributed by atoms with van der Waals surface area (Å²) in [7, 11) is 0. The maximum Gasteiger partial charge on any atom is -0.00460 e. The van der Waals surface area contributed by atoms with Gasteiger partial charge in [0, 0.05) is 0 Å². The summed E-state index contributed by atoms with van der Waals surface area (Å²) in [5, 5.41) is 0. The smallest absolute Gasteiger partial charge is 0.00460 e. The van der Waals surface area contributed by atoms with Crippen molar-refractivity contribution in [3.8, 4) is 0 Å². The number of allylic oxidation sites excluding steroid dienone is 2. The summed E-state index contributed by atoms with van der Waals surface area (Å²) < 4.78 is 0. The van der Waals surface area contributed by atoms with Crippen LogP contribution < -0.4 is 5.73 Å². The summed E-state index contributed by atoms with van der Waals surface area (Å²) in [5.41, 5.74) is 7.20. The summed E-state index contributed by atoms with van der Waals surface area (Å²) in [5.74, 6) is 2.19. The fourth-order valence-electron chi connectivity index (χ4n) is 1.47. The Morgan fingerprint density at radius 2 is 2.08 bits per heavy atom. The first-order chi connectivity index (χ1) is 5.65. The van der Waals surface area contributed by atoms with Crippen LogP contribution >= 0.6 is 0 Å². The molecule has 1 aliphatic rings. The molecule has 2 N–H and O–H groups in total. The molecule has 0 aromatic rings.